The largest absolute Gasteiger partial charge is 0.475 e. The van der Waals surface area contributed by atoms with Crippen molar-refractivity contribution in [3.8, 4) is 5.88 Å². The first kappa shape index (κ1) is 32.3. The highest BCUT2D eigenvalue weighted by molar-refractivity contribution is 7.89. The van der Waals surface area contributed by atoms with Crippen molar-refractivity contribution in [2.24, 2.45) is 5.73 Å². The number of anilines is 1. The Kier molecular flexibility index (Phi) is 10.2. The van der Waals surface area contributed by atoms with Gasteiger partial charge in [-0.1, -0.05) is 29.8 Å². The zero-order valence-electron chi connectivity index (χ0n) is 24.9. The van der Waals surface area contributed by atoms with Gasteiger partial charge in [-0.05, 0) is 81.0 Å². The topological polar surface area (TPSA) is 127 Å². The van der Waals surface area contributed by atoms with Gasteiger partial charge in [0.25, 0.3) is 0 Å². The van der Waals surface area contributed by atoms with Gasteiger partial charge >= 0.3 is 0 Å². The smallest absolute Gasteiger partial charge is 0.242 e. The van der Waals surface area contributed by atoms with Gasteiger partial charge in [-0.3, -0.25) is 4.79 Å². The SMILES string of the molecule is CC(C)Oc1cc([C@H](c2ccc(Cl)cc2)[C@H](N)C(=O)Nc2cccc(F)c2CCC2CNC3CCCS(=O)(=O)N2C3)ccn1. The van der Waals surface area contributed by atoms with Crippen LogP contribution in [-0.4, -0.2) is 66.7 Å². The van der Waals surface area contributed by atoms with Gasteiger partial charge in [0.15, 0.2) is 0 Å². The number of hydrogen-bond donors (Lipinski definition) is 3. The molecule has 0 saturated carbocycles. The Labute approximate surface area is 263 Å². The number of halogens is 2. The van der Waals surface area contributed by atoms with E-state index in [1.807, 2.05) is 26.0 Å². The van der Waals surface area contributed by atoms with Gasteiger partial charge in [0.2, 0.25) is 21.8 Å². The molecule has 2 aliphatic heterocycles. The molecule has 3 unspecified atom stereocenters. The number of pyridine rings is 1. The summed E-state index contributed by atoms with van der Waals surface area (Å²) < 4.78 is 48.4. The van der Waals surface area contributed by atoms with E-state index in [0.29, 0.717) is 48.1 Å². The zero-order chi connectivity index (χ0) is 31.4. The summed E-state index contributed by atoms with van der Waals surface area (Å²) in [7, 11) is -3.38. The number of nitrogens with one attached hydrogen (secondary N) is 2. The maximum absolute atomic E-state index is 15.2. The summed E-state index contributed by atoms with van der Waals surface area (Å²) in [4.78, 5) is 18.0. The van der Waals surface area contributed by atoms with Crippen LogP contribution in [0.15, 0.2) is 60.8 Å². The second-order valence-corrected chi connectivity index (χ2v) is 14.2. The fraction of sp³-hybridized carbons (Fsp3) is 0.438. The van der Waals surface area contributed by atoms with Crippen LogP contribution in [-0.2, 0) is 21.2 Å². The van der Waals surface area contributed by atoms with Crippen LogP contribution in [0.5, 0.6) is 5.88 Å². The van der Waals surface area contributed by atoms with Crippen LogP contribution in [0.3, 0.4) is 0 Å². The number of ether oxygens (including phenoxy) is 1. The Balaban J connectivity index is 1.37. The number of aromatic nitrogens is 1. The quantitative estimate of drug-likeness (QED) is 0.298. The van der Waals surface area contributed by atoms with Crippen molar-refractivity contribution in [3.05, 3.63) is 88.3 Å². The fourth-order valence-electron chi connectivity index (χ4n) is 6.05. The summed E-state index contributed by atoms with van der Waals surface area (Å²) in [6.45, 7) is 4.72. The molecule has 3 heterocycles. The molecule has 1 aromatic heterocycles. The van der Waals surface area contributed by atoms with Gasteiger partial charge in [-0.15, -0.1) is 0 Å². The van der Waals surface area contributed by atoms with Crippen LogP contribution in [0.1, 0.15) is 55.7 Å². The first-order valence-electron chi connectivity index (χ1n) is 15.0. The maximum atomic E-state index is 15.2. The predicted octanol–water partition coefficient (Wildman–Crippen LogP) is 4.46. The van der Waals surface area contributed by atoms with E-state index in [9.17, 15) is 13.2 Å². The van der Waals surface area contributed by atoms with Crippen LogP contribution >= 0.6 is 11.6 Å². The van der Waals surface area contributed by atoms with Crippen molar-refractivity contribution in [2.45, 2.75) is 69.7 Å². The van der Waals surface area contributed by atoms with Gasteiger partial charge in [-0.25, -0.2) is 17.8 Å². The first-order chi connectivity index (χ1) is 21.0. The number of carbonyl (C=O) groups excluding carboxylic acids is 1. The number of hydrogen-bond acceptors (Lipinski definition) is 7. The number of piperazine rings is 1. The molecule has 2 aliphatic rings. The number of sulfonamides is 1. The Morgan fingerprint density at radius 1 is 1.20 bits per heavy atom. The van der Waals surface area contributed by atoms with Crippen molar-refractivity contribution in [1.82, 2.24) is 14.6 Å². The Morgan fingerprint density at radius 3 is 2.73 bits per heavy atom. The van der Waals surface area contributed by atoms with E-state index in [1.54, 1.807) is 40.8 Å². The molecular formula is C32H39ClFN5O4S. The third kappa shape index (κ3) is 7.58. The highest BCUT2D eigenvalue weighted by Crippen LogP contribution is 2.32. The van der Waals surface area contributed by atoms with Crippen LogP contribution < -0.4 is 21.1 Å². The molecule has 2 bridgehead atoms. The lowest BCUT2D eigenvalue weighted by molar-refractivity contribution is -0.117. The minimum absolute atomic E-state index is 0.0969. The molecule has 2 fully saturated rings. The van der Waals surface area contributed by atoms with Gasteiger partial charge < -0.3 is 21.1 Å². The molecule has 5 atom stereocenters. The molecule has 0 spiro atoms. The highest BCUT2D eigenvalue weighted by atomic mass is 35.5. The van der Waals surface area contributed by atoms with Crippen molar-refractivity contribution in [3.63, 3.8) is 0 Å². The van der Waals surface area contributed by atoms with E-state index in [0.717, 1.165) is 17.5 Å². The Bertz CT molecular complexity index is 1570. The van der Waals surface area contributed by atoms with Gasteiger partial charge in [0.05, 0.1) is 17.9 Å². The third-order valence-electron chi connectivity index (χ3n) is 8.23. The van der Waals surface area contributed by atoms with Gasteiger partial charge in [-0.2, -0.15) is 4.31 Å². The van der Waals surface area contributed by atoms with Crippen molar-refractivity contribution >= 4 is 33.2 Å². The molecule has 0 radical (unpaired) electrons. The van der Waals surface area contributed by atoms with E-state index < -0.39 is 33.7 Å². The molecule has 2 saturated heterocycles. The lowest BCUT2D eigenvalue weighted by Gasteiger charge is -2.37. The summed E-state index contributed by atoms with van der Waals surface area (Å²) in [5, 5.41) is 6.85. The van der Waals surface area contributed by atoms with E-state index in [2.05, 4.69) is 15.6 Å². The summed E-state index contributed by atoms with van der Waals surface area (Å²) in [5.41, 5.74) is 8.76. The highest BCUT2D eigenvalue weighted by Gasteiger charge is 2.38. The summed E-state index contributed by atoms with van der Waals surface area (Å²) in [6.07, 6.45) is 3.59. The molecule has 2 aromatic carbocycles. The average Bonchev–Trinajstić information content (AvgIpc) is 3.09. The number of benzene rings is 2. The molecule has 5 rings (SSSR count). The summed E-state index contributed by atoms with van der Waals surface area (Å²) >= 11 is 6.15. The maximum Gasteiger partial charge on any atom is 0.242 e. The van der Waals surface area contributed by atoms with E-state index >= 15 is 4.39 Å². The molecule has 12 heteroatoms. The van der Waals surface area contributed by atoms with Crippen molar-refractivity contribution in [2.75, 3.05) is 24.2 Å². The number of nitrogens with two attached hydrogens (primary N) is 1. The standard InChI is InChI=1S/C32H39ClFN5O4S/c1-20(2)43-29-17-22(14-15-36-29)30(21-8-10-23(33)11-9-21)31(35)32(40)38-28-7-3-6-27(34)26(28)13-12-25-18-37-24-5-4-16-44(41,42)39(25)19-24/h3,6-11,14-15,17,20,24-25,30-31,37H,4-5,12-13,16,18-19,35H2,1-2H3,(H,38,40)/t24?,25?,30-,31-/m0/s1. The predicted molar refractivity (Wildman–Crippen MR) is 170 cm³/mol. The van der Waals surface area contributed by atoms with Crippen molar-refractivity contribution in [1.29, 1.82) is 0 Å². The third-order valence-corrected chi connectivity index (χ3v) is 10.5. The van der Waals surface area contributed by atoms with Gasteiger partial charge in [0.1, 0.15) is 5.82 Å². The van der Waals surface area contributed by atoms with Crippen LogP contribution in [0, 0.1) is 5.82 Å². The molecule has 44 heavy (non-hydrogen) atoms. The summed E-state index contributed by atoms with van der Waals surface area (Å²) in [5.74, 6) is -1.03. The average molecular weight is 644 g/mol. The molecule has 0 aliphatic carbocycles. The Morgan fingerprint density at radius 2 is 1.98 bits per heavy atom. The van der Waals surface area contributed by atoms with E-state index in [4.69, 9.17) is 22.1 Å². The first-order valence-corrected chi connectivity index (χ1v) is 17.0. The summed E-state index contributed by atoms with van der Waals surface area (Å²) in [6, 6.07) is 13.9. The molecular weight excluding hydrogens is 605 g/mol. The lowest BCUT2D eigenvalue weighted by atomic mass is 9.85. The molecule has 3 aromatic rings. The van der Waals surface area contributed by atoms with Crippen LogP contribution in [0.2, 0.25) is 5.02 Å². The minimum atomic E-state index is -3.38. The molecule has 4 N–H and O–H groups in total. The number of nitrogens with zero attached hydrogens (tertiary/aromatic N) is 2. The normalized spacial score (nSPS) is 22.5. The fourth-order valence-corrected chi connectivity index (χ4v) is 7.99. The molecule has 1 amide bonds. The van der Waals surface area contributed by atoms with E-state index in [1.165, 1.54) is 12.1 Å². The second-order valence-electron chi connectivity index (χ2n) is 11.7. The minimum Gasteiger partial charge on any atom is -0.475 e. The Hall–Kier alpha value is -3.09. The van der Waals surface area contributed by atoms with E-state index in [-0.39, 0.29) is 30.4 Å². The number of fused-ring (bicyclic) bond motifs is 2. The second kappa shape index (κ2) is 13.9. The zero-order valence-corrected chi connectivity index (χ0v) is 26.5. The number of rotatable bonds is 10. The number of carbonyl (C=O) groups is 1. The monoisotopic (exact) mass is 643 g/mol. The van der Waals surface area contributed by atoms with Crippen molar-refractivity contribution < 1.29 is 22.3 Å². The number of amides is 1. The van der Waals surface area contributed by atoms with Crippen LogP contribution in [0.4, 0.5) is 10.1 Å². The lowest BCUT2D eigenvalue weighted by Crippen LogP contribution is -2.57. The molecule has 9 nitrogen and oxygen atoms in total. The van der Waals surface area contributed by atoms with Crippen LogP contribution in [0.25, 0.3) is 0 Å². The molecule has 236 valence electrons. The van der Waals surface area contributed by atoms with Gasteiger partial charge in [0, 0.05) is 59.6 Å².